The minimum atomic E-state index is -0.717. The van der Waals surface area contributed by atoms with Crippen molar-refractivity contribution in [2.75, 3.05) is 13.7 Å². The molecule has 0 spiro atoms. The summed E-state index contributed by atoms with van der Waals surface area (Å²) >= 11 is 1.22. The van der Waals surface area contributed by atoms with Gasteiger partial charge in [-0.15, -0.1) is 0 Å². The average Bonchev–Trinajstić information content (AvgIpc) is 3.09. The molecular weight excluding hydrogens is 443 g/mol. The predicted octanol–water partition coefficient (Wildman–Crippen LogP) is 3.25. The summed E-state index contributed by atoms with van der Waals surface area (Å²) in [5.74, 6) is -0.216. The molecule has 0 amide bonds. The number of ether oxygens (including phenoxy) is 2. The predicted molar refractivity (Wildman–Crippen MR) is 125 cm³/mol. The Balaban J connectivity index is 1.97. The summed E-state index contributed by atoms with van der Waals surface area (Å²) < 4.78 is 26.0. The zero-order valence-electron chi connectivity index (χ0n) is 18.7. The molecule has 2 heterocycles. The molecular formula is C25H23FN2O4S. The average molecular weight is 467 g/mol. The van der Waals surface area contributed by atoms with E-state index in [4.69, 9.17) is 9.47 Å². The van der Waals surface area contributed by atoms with E-state index in [9.17, 15) is 14.0 Å². The molecule has 170 valence electrons. The maximum absolute atomic E-state index is 13.5. The molecule has 0 radical (unpaired) electrons. The topological polar surface area (TPSA) is 69.9 Å². The number of benzene rings is 2. The van der Waals surface area contributed by atoms with Crippen molar-refractivity contribution >= 4 is 23.4 Å². The summed E-state index contributed by atoms with van der Waals surface area (Å²) in [5, 5.41) is 0. The summed E-state index contributed by atoms with van der Waals surface area (Å²) in [7, 11) is 1.58. The van der Waals surface area contributed by atoms with Gasteiger partial charge in [0.05, 0.1) is 35.6 Å². The van der Waals surface area contributed by atoms with E-state index >= 15 is 0 Å². The number of esters is 1. The number of methoxy groups -OCH3 is 1. The van der Waals surface area contributed by atoms with Gasteiger partial charge in [0, 0.05) is 0 Å². The van der Waals surface area contributed by atoms with E-state index in [-0.39, 0.29) is 18.0 Å². The lowest BCUT2D eigenvalue weighted by Gasteiger charge is -2.25. The fourth-order valence-electron chi connectivity index (χ4n) is 3.82. The summed E-state index contributed by atoms with van der Waals surface area (Å²) in [4.78, 5) is 31.5. The van der Waals surface area contributed by atoms with Gasteiger partial charge in [-0.3, -0.25) is 9.36 Å². The fourth-order valence-corrected chi connectivity index (χ4v) is 4.87. The van der Waals surface area contributed by atoms with Crippen molar-refractivity contribution < 1.29 is 18.7 Å². The molecule has 0 fully saturated rings. The Morgan fingerprint density at radius 1 is 1.21 bits per heavy atom. The Hall–Kier alpha value is -3.52. The van der Waals surface area contributed by atoms with Crippen molar-refractivity contribution in [2.45, 2.75) is 26.8 Å². The molecule has 0 unspecified atom stereocenters. The first-order valence-corrected chi connectivity index (χ1v) is 11.3. The lowest BCUT2D eigenvalue weighted by atomic mass is 9.95. The van der Waals surface area contributed by atoms with Crippen LogP contribution in [0.25, 0.3) is 6.08 Å². The van der Waals surface area contributed by atoms with Crippen LogP contribution in [0, 0.1) is 12.7 Å². The first-order valence-electron chi connectivity index (χ1n) is 10.4. The lowest BCUT2D eigenvalue weighted by molar-refractivity contribution is -0.139. The molecule has 0 saturated carbocycles. The van der Waals surface area contributed by atoms with Crippen LogP contribution in [-0.4, -0.2) is 24.3 Å². The van der Waals surface area contributed by atoms with E-state index in [0.717, 1.165) is 5.56 Å². The number of carbonyl (C=O) groups is 1. The number of hydrogen-bond donors (Lipinski definition) is 0. The number of rotatable bonds is 5. The molecule has 0 saturated heterocycles. The molecule has 1 aromatic heterocycles. The van der Waals surface area contributed by atoms with Crippen LogP contribution in [0.15, 0.2) is 63.5 Å². The highest BCUT2D eigenvalue weighted by Crippen LogP contribution is 2.33. The molecule has 0 N–H and O–H groups in total. The van der Waals surface area contributed by atoms with Crippen LogP contribution in [0.3, 0.4) is 0 Å². The zero-order chi connectivity index (χ0) is 23.7. The molecule has 8 heteroatoms. The molecule has 0 aliphatic carbocycles. The van der Waals surface area contributed by atoms with Crippen molar-refractivity contribution in [2.24, 2.45) is 4.99 Å². The summed E-state index contributed by atoms with van der Waals surface area (Å²) in [6.45, 7) is 5.59. The quantitative estimate of drug-likeness (QED) is 0.542. The maximum Gasteiger partial charge on any atom is 0.338 e. The Bertz CT molecular complexity index is 1430. The first kappa shape index (κ1) is 22.7. The third kappa shape index (κ3) is 4.26. The highest BCUT2D eigenvalue weighted by atomic mass is 32.1. The van der Waals surface area contributed by atoms with E-state index in [0.29, 0.717) is 37.5 Å². The van der Waals surface area contributed by atoms with Crippen LogP contribution < -0.4 is 19.6 Å². The highest BCUT2D eigenvalue weighted by Gasteiger charge is 2.33. The van der Waals surface area contributed by atoms with Crippen LogP contribution >= 0.6 is 11.3 Å². The number of halogens is 1. The lowest BCUT2D eigenvalue weighted by Crippen LogP contribution is -2.40. The number of hydrogen-bond acceptors (Lipinski definition) is 6. The van der Waals surface area contributed by atoms with Crippen molar-refractivity contribution in [3.05, 3.63) is 95.9 Å². The number of fused-ring (bicyclic) bond motifs is 1. The number of allylic oxidation sites excluding steroid dienone is 1. The van der Waals surface area contributed by atoms with Crippen molar-refractivity contribution in [3.8, 4) is 5.75 Å². The normalized spacial score (nSPS) is 15.8. The number of thiazole rings is 1. The smallest absolute Gasteiger partial charge is 0.338 e. The second kappa shape index (κ2) is 9.15. The van der Waals surface area contributed by atoms with Gasteiger partial charge in [0.2, 0.25) is 0 Å². The Kier molecular flexibility index (Phi) is 6.29. The Morgan fingerprint density at radius 2 is 1.94 bits per heavy atom. The molecule has 3 aromatic rings. The number of aromatic nitrogens is 1. The molecule has 0 bridgehead atoms. The van der Waals surface area contributed by atoms with Gasteiger partial charge in [-0.2, -0.15) is 0 Å². The van der Waals surface area contributed by atoms with Gasteiger partial charge in [-0.05, 0) is 61.7 Å². The fraction of sp³-hybridized carbons (Fsp3) is 0.240. The van der Waals surface area contributed by atoms with E-state index in [2.05, 4.69) is 4.99 Å². The maximum atomic E-state index is 13.5. The molecule has 1 aliphatic heterocycles. The van der Waals surface area contributed by atoms with Gasteiger partial charge < -0.3 is 9.47 Å². The summed E-state index contributed by atoms with van der Waals surface area (Å²) in [5.41, 5.74) is 2.85. The summed E-state index contributed by atoms with van der Waals surface area (Å²) in [6, 6.07) is 10.8. The van der Waals surface area contributed by atoms with Crippen LogP contribution in [0.2, 0.25) is 0 Å². The first-order chi connectivity index (χ1) is 15.8. The molecule has 6 nitrogen and oxygen atoms in total. The number of carbonyl (C=O) groups excluding carboxylic acids is 1. The van der Waals surface area contributed by atoms with E-state index in [1.807, 2.05) is 25.1 Å². The second-order valence-corrected chi connectivity index (χ2v) is 8.59. The Labute approximate surface area is 193 Å². The van der Waals surface area contributed by atoms with Gasteiger partial charge in [0.25, 0.3) is 5.56 Å². The third-order valence-corrected chi connectivity index (χ3v) is 6.42. The molecule has 4 rings (SSSR count). The second-order valence-electron chi connectivity index (χ2n) is 7.58. The monoisotopic (exact) mass is 466 g/mol. The van der Waals surface area contributed by atoms with E-state index in [1.54, 1.807) is 39.2 Å². The Morgan fingerprint density at radius 3 is 2.61 bits per heavy atom. The van der Waals surface area contributed by atoms with Crippen LogP contribution in [0.5, 0.6) is 5.75 Å². The van der Waals surface area contributed by atoms with Crippen LogP contribution in [0.4, 0.5) is 4.39 Å². The van der Waals surface area contributed by atoms with Gasteiger partial charge in [0.15, 0.2) is 4.80 Å². The molecule has 2 aromatic carbocycles. The van der Waals surface area contributed by atoms with Gasteiger partial charge in [0.1, 0.15) is 11.6 Å². The minimum absolute atomic E-state index is 0.203. The van der Waals surface area contributed by atoms with Gasteiger partial charge in [-0.1, -0.05) is 35.6 Å². The van der Waals surface area contributed by atoms with Crippen LogP contribution in [-0.2, 0) is 9.53 Å². The largest absolute Gasteiger partial charge is 0.496 e. The molecule has 1 aliphatic rings. The van der Waals surface area contributed by atoms with E-state index in [1.165, 1.54) is 28.0 Å². The minimum Gasteiger partial charge on any atom is -0.496 e. The number of nitrogens with zero attached hydrogens (tertiary/aromatic N) is 2. The summed E-state index contributed by atoms with van der Waals surface area (Å²) in [6.07, 6.45) is 1.69. The molecule has 33 heavy (non-hydrogen) atoms. The van der Waals surface area contributed by atoms with Gasteiger partial charge >= 0.3 is 5.97 Å². The van der Waals surface area contributed by atoms with E-state index < -0.39 is 12.0 Å². The number of aryl methyl sites for hydroxylation is 1. The standard InChI is InChI=1S/C25H23FN2O4S/c1-5-32-24(30)21-15(3)27-25-28(22(21)17-9-6-14(2)19(13-17)31-4)23(29)20(33-25)12-16-7-10-18(26)11-8-16/h6-13,22H,5H2,1-4H3/t22-/m1/s1. The van der Waals surface area contributed by atoms with Crippen molar-refractivity contribution in [3.63, 3.8) is 0 Å². The SMILES string of the molecule is CCOC(=O)C1=C(C)N=c2sc(=Cc3ccc(F)cc3)c(=O)n2[C@@H]1c1ccc(C)c(OC)c1. The van der Waals surface area contributed by atoms with Crippen LogP contribution in [0.1, 0.15) is 36.6 Å². The van der Waals surface area contributed by atoms with Crippen molar-refractivity contribution in [1.29, 1.82) is 0 Å². The third-order valence-electron chi connectivity index (χ3n) is 5.43. The van der Waals surface area contributed by atoms with Crippen molar-refractivity contribution in [1.82, 2.24) is 4.57 Å². The van der Waals surface area contributed by atoms with Gasteiger partial charge in [-0.25, -0.2) is 14.2 Å². The highest BCUT2D eigenvalue weighted by molar-refractivity contribution is 7.07. The zero-order valence-corrected chi connectivity index (χ0v) is 19.5. The molecule has 1 atom stereocenters.